The van der Waals surface area contributed by atoms with Gasteiger partial charge in [-0.3, -0.25) is 19.6 Å². The topological polar surface area (TPSA) is 125 Å². The van der Waals surface area contributed by atoms with Crippen molar-refractivity contribution in [3.8, 4) is 0 Å². The number of hydrogen-bond acceptors (Lipinski definition) is 8. The Bertz CT molecular complexity index is 1220. The zero-order valence-corrected chi connectivity index (χ0v) is 14.7. The molecule has 0 amide bonds. The average molecular weight is 380 g/mol. The lowest BCUT2D eigenvalue weighted by Crippen LogP contribution is -2.27. The van der Waals surface area contributed by atoms with Gasteiger partial charge in [-0.25, -0.2) is 9.97 Å². The number of hydrogen-bond donors (Lipinski definition) is 1. The number of H-pyrrole nitrogens is 1. The molecule has 1 N–H and O–H groups in total. The van der Waals surface area contributed by atoms with E-state index in [1.54, 1.807) is 41.5 Å². The fourth-order valence-electron chi connectivity index (χ4n) is 2.76. The molecule has 0 aromatic carbocycles. The summed E-state index contributed by atoms with van der Waals surface area (Å²) < 4.78 is 12.3. The number of aromatic nitrogens is 6. The van der Waals surface area contributed by atoms with Gasteiger partial charge >= 0.3 is 0 Å². The van der Waals surface area contributed by atoms with Crippen molar-refractivity contribution in [1.82, 2.24) is 29.5 Å². The van der Waals surface area contributed by atoms with Crippen molar-refractivity contribution >= 4 is 22.1 Å². The van der Waals surface area contributed by atoms with Crippen molar-refractivity contribution < 1.29 is 9.47 Å². The molecule has 1 aliphatic rings. The highest BCUT2D eigenvalue weighted by Crippen LogP contribution is 2.11. The minimum Gasteiger partial charge on any atom is -0.348 e. The van der Waals surface area contributed by atoms with Crippen molar-refractivity contribution in [3.63, 3.8) is 0 Å². The molecule has 0 atom stereocenters. The van der Waals surface area contributed by atoms with Crippen LogP contribution in [0.4, 0.5) is 0 Å². The average Bonchev–Trinajstić information content (AvgIpc) is 3.24. The van der Waals surface area contributed by atoms with Gasteiger partial charge in [0, 0.05) is 12.4 Å². The molecule has 1 saturated heterocycles. The molecule has 4 aromatic rings. The molecule has 1 aliphatic heterocycles. The predicted octanol–water partition coefficient (Wildman–Crippen LogP) is 0.482. The van der Waals surface area contributed by atoms with E-state index in [9.17, 15) is 9.59 Å². The number of nitrogens with one attached hydrogen (secondary N) is 1. The van der Waals surface area contributed by atoms with Crippen molar-refractivity contribution in [2.75, 3.05) is 13.2 Å². The normalized spacial score (nSPS) is 14.1. The molecule has 4 aromatic heterocycles. The third-order valence-corrected chi connectivity index (χ3v) is 4.05. The largest absolute Gasteiger partial charge is 0.348 e. The van der Waals surface area contributed by atoms with Gasteiger partial charge in [0.1, 0.15) is 11.0 Å². The van der Waals surface area contributed by atoms with Crippen molar-refractivity contribution in [1.29, 1.82) is 0 Å². The number of rotatable bonds is 2. The lowest BCUT2D eigenvalue weighted by molar-refractivity contribution is -0.0523. The van der Waals surface area contributed by atoms with Gasteiger partial charge in [0.2, 0.25) is 0 Å². The van der Waals surface area contributed by atoms with E-state index in [2.05, 4.69) is 24.9 Å². The van der Waals surface area contributed by atoms with Gasteiger partial charge in [0.15, 0.2) is 6.29 Å². The molecule has 142 valence electrons. The van der Waals surface area contributed by atoms with Gasteiger partial charge in [-0.05, 0) is 12.1 Å². The Morgan fingerprint density at radius 2 is 1.68 bits per heavy atom. The molecule has 10 nitrogen and oxygen atoms in total. The molecule has 0 radical (unpaired) electrons. The molecule has 28 heavy (non-hydrogen) atoms. The van der Waals surface area contributed by atoms with Gasteiger partial charge in [-0.1, -0.05) is 0 Å². The van der Waals surface area contributed by atoms with Crippen LogP contribution in [0.2, 0.25) is 0 Å². The Morgan fingerprint density at radius 1 is 0.964 bits per heavy atom. The summed E-state index contributed by atoms with van der Waals surface area (Å²) in [4.78, 5) is 40.9. The summed E-state index contributed by atoms with van der Waals surface area (Å²) in [6.07, 6.45) is 8.65. The van der Waals surface area contributed by atoms with Crippen LogP contribution in [0.25, 0.3) is 22.1 Å². The van der Waals surface area contributed by atoms with Crippen LogP contribution in [0, 0.1) is 0 Å². The zero-order valence-electron chi connectivity index (χ0n) is 14.7. The summed E-state index contributed by atoms with van der Waals surface area (Å²) in [6.45, 7) is 1.52. The Hall–Kier alpha value is -3.50. The lowest BCUT2D eigenvalue weighted by Gasteiger charge is -2.13. The van der Waals surface area contributed by atoms with Crippen molar-refractivity contribution in [2.24, 2.45) is 0 Å². The highest BCUT2D eigenvalue weighted by Gasteiger charge is 2.18. The van der Waals surface area contributed by atoms with E-state index in [0.717, 1.165) is 5.52 Å². The smallest absolute Gasteiger partial charge is 0.269 e. The zero-order chi connectivity index (χ0) is 19.3. The summed E-state index contributed by atoms with van der Waals surface area (Å²) in [5.74, 6) is 0. The molecule has 1 fully saturated rings. The van der Waals surface area contributed by atoms with E-state index in [1.165, 1.54) is 12.4 Å². The van der Waals surface area contributed by atoms with Gasteiger partial charge in [0.05, 0.1) is 55.6 Å². The minimum absolute atomic E-state index is 0.164. The van der Waals surface area contributed by atoms with E-state index in [0.29, 0.717) is 36.3 Å². The third-order valence-electron chi connectivity index (χ3n) is 4.05. The van der Waals surface area contributed by atoms with E-state index in [1.807, 2.05) is 0 Å². The first-order valence-corrected chi connectivity index (χ1v) is 8.52. The van der Waals surface area contributed by atoms with E-state index in [4.69, 9.17) is 9.47 Å². The van der Waals surface area contributed by atoms with Crippen LogP contribution in [-0.4, -0.2) is 49.0 Å². The summed E-state index contributed by atoms with van der Waals surface area (Å²) in [7, 11) is 0. The van der Waals surface area contributed by atoms with Crippen molar-refractivity contribution in [3.05, 3.63) is 70.0 Å². The Morgan fingerprint density at radius 3 is 2.50 bits per heavy atom. The number of fused-ring (bicyclic) bond motifs is 2. The first-order valence-electron chi connectivity index (χ1n) is 8.52. The van der Waals surface area contributed by atoms with E-state index in [-0.39, 0.29) is 17.4 Å². The SMILES string of the molecule is O=c1cnc2cnccc2[nH]1.O=c1cnc2cnccc2n1CC1OCCO1. The monoisotopic (exact) mass is 380 g/mol. The molecule has 10 heteroatoms. The van der Waals surface area contributed by atoms with Gasteiger partial charge in [-0.2, -0.15) is 0 Å². The summed E-state index contributed by atoms with van der Waals surface area (Å²) in [5.41, 5.74) is 2.49. The van der Waals surface area contributed by atoms with Crippen LogP contribution in [-0.2, 0) is 16.0 Å². The molecular formula is C18H16N6O4. The van der Waals surface area contributed by atoms with Crippen LogP contribution in [0.15, 0.2) is 58.9 Å². The number of aromatic amines is 1. The number of pyridine rings is 2. The van der Waals surface area contributed by atoms with Crippen LogP contribution >= 0.6 is 0 Å². The molecule has 0 aliphatic carbocycles. The second-order valence-electron chi connectivity index (χ2n) is 5.88. The summed E-state index contributed by atoms with van der Waals surface area (Å²) >= 11 is 0. The van der Waals surface area contributed by atoms with Gasteiger partial charge < -0.3 is 19.0 Å². The van der Waals surface area contributed by atoms with Crippen LogP contribution in [0.3, 0.4) is 0 Å². The number of ether oxygens (including phenoxy) is 2. The maximum Gasteiger partial charge on any atom is 0.269 e. The first-order chi connectivity index (χ1) is 13.7. The Kier molecular flexibility index (Phi) is 5.13. The quantitative estimate of drug-likeness (QED) is 0.532. The van der Waals surface area contributed by atoms with E-state index < -0.39 is 0 Å². The summed E-state index contributed by atoms with van der Waals surface area (Å²) in [5, 5.41) is 0. The lowest BCUT2D eigenvalue weighted by atomic mass is 10.3. The molecular weight excluding hydrogens is 364 g/mol. The maximum atomic E-state index is 11.8. The molecule has 5 heterocycles. The fraction of sp³-hybridized carbons (Fsp3) is 0.222. The molecule has 5 rings (SSSR count). The maximum absolute atomic E-state index is 11.8. The first kappa shape index (κ1) is 17.9. The van der Waals surface area contributed by atoms with Crippen LogP contribution in [0.5, 0.6) is 0 Å². The van der Waals surface area contributed by atoms with Crippen molar-refractivity contribution in [2.45, 2.75) is 12.8 Å². The third kappa shape index (κ3) is 3.92. The van der Waals surface area contributed by atoms with E-state index >= 15 is 0 Å². The fourth-order valence-corrected chi connectivity index (χ4v) is 2.76. The van der Waals surface area contributed by atoms with Gasteiger partial charge in [0.25, 0.3) is 11.1 Å². The highest BCUT2D eigenvalue weighted by molar-refractivity contribution is 5.73. The molecule has 0 bridgehead atoms. The molecule has 0 saturated carbocycles. The highest BCUT2D eigenvalue weighted by atomic mass is 16.7. The second kappa shape index (κ2) is 8.03. The Labute approximate surface area is 157 Å². The predicted molar refractivity (Wildman–Crippen MR) is 99.6 cm³/mol. The van der Waals surface area contributed by atoms with Crippen LogP contribution < -0.4 is 11.1 Å². The molecule has 0 spiro atoms. The standard InChI is InChI=1S/C11H11N3O3.C7H5N3O/c15-10-6-13-8-5-12-2-1-9(8)14(10)7-11-16-3-4-17-11;11-7-4-9-6-3-8-2-1-5(6)10-7/h1-2,5-6,11H,3-4,7H2;1-4H,(H,10,11). The number of nitrogens with zero attached hydrogens (tertiary/aromatic N) is 5. The van der Waals surface area contributed by atoms with Gasteiger partial charge in [-0.15, -0.1) is 0 Å². The Balaban J connectivity index is 0.000000151. The van der Waals surface area contributed by atoms with Crippen LogP contribution in [0.1, 0.15) is 0 Å². The second-order valence-corrected chi connectivity index (χ2v) is 5.88. The molecule has 0 unspecified atom stereocenters. The minimum atomic E-state index is -0.355. The summed E-state index contributed by atoms with van der Waals surface area (Å²) in [6, 6.07) is 3.47.